The third kappa shape index (κ3) is 3.50. The number of aromatic nitrogens is 3. The first-order valence-electron chi connectivity index (χ1n) is 9.22. The lowest BCUT2D eigenvalue weighted by atomic mass is 10.1. The Labute approximate surface area is 157 Å². The second kappa shape index (κ2) is 7.80. The smallest absolute Gasteiger partial charge is 0.252 e. The van der Waals surface area contributed by atoms with E-state index in [1.54, 1.807) is 11.8 Å². The molecule has 26 heavy (non-hydrogen) atoms. The summed E-state index contributed by atoms with van der Waals surface area (Å²) in [6.45, 7) is 1.47. The topological polar surface area (TPSA) is 60.2 Å². The maximum atomic E-state index is 12.8. The maximum Gasteiger partial charge on any atom is 0.252 e. The van der Waals surface area contributed by atoms with Crippen LogP contribution in [0.5, 0.6) is 0 Å². The third-order valence-corrected chi connectivity index (χ3v) is 6.21. The summed E-state index contributed by atoms with van der Waals surface area (Å²) in [5.41, 5.74) is 1.26. The molecule has 4 rings (SSSR count). The molecule has 3 heterocycles. The fraction of sp³-hybridized carbons (Fsp3) is 0.526. The van der Waals surface area contributed by atoms with Gasteiger partial charge in [-0.2, -0.15) is 0 Å². The summed E-state index contributed by atoms with van der Waals surface area (Å²) in [4.78, 5) is 14.7. The largest absolute Gasteiger partial charge is 0.368 e. The Hall–Kier alpha value is -1.86. The highest BCUT2D eigenvalue weighted by Gasteiger charge is 2.38. The van der Waals surface area contributed by atoms with E-state index in [1.807, 2.05) is 34.7 Å². The van der Waals surface area contributed by atoms with Crippen molar-refractivity contribution < 1.29 is 9.53 Å². The van der Waals surface area contributed by atoms with Gasteiger partial charge in [-0.1, -0.05) is 42.1 Å². The molecule has 1 aromatic heterocycles. The normalized spacial score (nSPS) is 22.9. The molecular weight excluding hydrogens is 348 g/mol. The van der Waals surface area contributed by atoms with Crippen LogP contribution in [0.4, 0.5) is 0 Å². The van der Waals surface area contributed by atoms with Gasteiger partial charge in [0.15, 0.2) is 11.0 Å². The van der Waals surface area contributed by atoms with Crippen molar-refractivity contribution in [2.45, 2.75) is 48.7 Å². The van der Waals surface area contributed by atoms with Crippen LogP contribution < -0.4 is 0 Å². The average molecular weight is 372 g/mol. The molecule has 1 amide bonds. The van der Waals surface area contributed by atoms with E-state index >= 15 is 0 Å². The lowest BCUT2D eigenvalue weighted by Gasteiger charge is -2.26. The molecule has 0 saturated carbocycles. The fourth-order valence-electron chi connectivity index (χ4n) is 3.72. The monoisotopic (exact) mass is 372 g/mol. The molecule has 0 bridgehead atoms. The standard InChI is InChI=1S/C19H24N4O2S/c1-22-17(20-21-19(22)26-13-14-7-3-2-4-8-14)15-9-5-11-23(15)18(24)16-10-6-12-25-16/h2-4,7-8,15-16H,5-6,9-13H2,1H3. The van der Waals surface area contributed by atoms with Gasteiger partial charge >= 0.3 is 0 Å². The van der Waals surface area contributed by atoms with Gasteiger partial charge in [0.2, 0.25) is 0 Å². The summed E-state index contributed by atoms with van der Waals surface area (Å²) in [5.74, 6) is 1.85. The summed E-state index contributed by atoms with van der Waals surface area (Å²) in [5, 5.41) is 9.69. The van der Waals surface area contributed by atoms with E-state index in [0.29, 0.717) is 6.61 Å². The fourth-order valence-corrected chi connectivity index (χ4v) is 4.59. The lowest BCUT2D eigenvalue weighted by molar-refractivity contribution is -0.142. The molecule has 7 heteroatoms. The van der Waals surface area contributed by atoms with Crippen LogP contribution in [0.2, 0.25) is 0 Å². The summed E-state index contributed by atoms with van der Waals surface area (Å²) < 4.78 is 7.64. The van der Waals surface area contributed by atoms with Gasteiger partial charge in [-0.25, -0.2) is 0 Å². The van der Waals surface area contributed by atoms with Crippen molar-refractivity contribution in [2.24, 2.45) is 7.05 Å². The number of thioether (sulfide) groups is 1. The second-order valence-corrected chi connectivity index (χ2v) is 7.81. The number of benzene rings is 1. The van der Waals surface area contributed by atoms with Crippen molar-refractivity contribution in [1.82, 2.24) is 19.7 Å². The van der Waals surface area contributed by atoms with Crippen LogP contribution in [0.25, 0.3) is 0 Å². The molecule has 0 spiro atoms. The van der Waals surface area contributed by atoms with Crippen molar-refractivity contribution in [3.63, 3.8) is 0 Å². The Morgan fingerprint density at radius 3 is 2.85 bits per heavy atom. The predicted molar refractivity (Wildman–Crippen MR) is 99.7 cm³/mol. The number of likely N-dealkylation sites (tertiary alicyclic amines) is 1. The summed E-state index contributed by atoms with van der Waals surface area (Å²) in [6, 6.07) is 10.4. The summed E-state index contributed by atoms with van der Waals surface area (Å²) in [7, 11) is 2.00. The number of ether oxygens (including phenoxy) is 1. The first-order valence-corrected chi connectivity index (χ1v) is 10.2. The Bertz CT molecular complexity index is 758. The number of amides is 1. The van der Waals surface area contributed by atoms with Gasteiger partial charge in [0.1, 0.15) is 6.10 Å². The number of carbonyl (C=O) groups excluding carboxylic acids is 1. The van der Waals surface area contributed by atoms with Crippen LogP contribution >= 0.6 is 11.8 Å². The highest BCUT2D eigenvalue weighted by Crippen LogP contribution is 2.34. The number of carbonyl (C=O) groups is 1. The molecule has 2 atom stereocenters. The summed E-state index contributed by atoms with van der Waals surface area (Å²) >= 11 is 1.68. The minimum Gasteiger partial charge on any atom is -0.368 e. The van der Waals surface area contributed by atoms with Crippen molar-refractivity contribution >= 4 is 17.7 Å². The van der Waals surface area contributed by atoms with Crippen molar-refractivity contribution in [3.05, 3.63) is 41.7 Å². The maximum absolute atomic E-state index is 12.8. The molecular formula is C19H24N4O2S. The van der Waals surface area contributed by atoms with Crippen LogP contribution in [0.3, 0.4) is 0 Å². The van der Waals surface area contributed by atoms with E-state index in [4.69, 9.17) is 4.74 Å². The van der Waals surface area contributed by atoms with E-state index in [-0.39, 0.29) is 18.1 Å². The first kappa shape index (κ1) is 17.5. The molecule has 1 aromatic carbocycles. The molecule has 0 N–H and O–H groups in total. The molecule has 2 aliphatic rings. The van der Waals surface area contributed by atoms with Crippen LogP contribution in [-0.2, 0) is 22.3 Å². The highest BCUT2D eigenvalue weighted by atomic mass is 32.2. The van der Waals surface area contributed by atoms with Gasteiger partial charge < -0.3 is 14.2 Å². The summed E-state index contributed by atoms with van der Waals surface area (Å²) in [6.07, 6.45) is 3.48. The van der Waals surface area contributed by atoms with Gasteiger partial charge in [-0.05, 0) is 31.2 Å². The van der Waals surface area contributed by atoms with E-state index in [0.717, 1.165) is 49.0 Å². The van der Waals surface area contributed by atoms with Crippen LogP contribution in [-0.4, -0.2) is 44.8 Å². The van der Waals surface area contributed by atoms with E-state index in [9.17, 15) is 4.79 Å². The minimum absolute atomic E-state index is 0.00951. The molecule has 2 aromatic rings. The van der Waals surface area contributed by atoms with Gasteiger partial charge in [-0.15, -0.1) is 10.2 Å². The van der Waals surface area contributed by atoms with E-state index in [1.165, 1.54) is 5.56 Å². The van der Waals surface area contributed by atoms with Crippen LogP contribution in [0, 0.1) is 0 Å². The zero-order chi connectivity index (χ0) is 17.9. The van der Waals surface area contributed by atoms with Crippen LogP contribution in [0.1, 0.15) is 43.1 Å². The van der Waals surface area contributed by atoms with Gasteiger partial charge in [0, 0.05) is 26.0 Å². The van der Waals surface area contributed by atoms with Crippen molar-refractivity contribution in [2.75, 3.05) is 13.2 Å². The Balaban J connectivity index is 1.47. The SMILES string of the molecule is Cn1c(SCc2ccccc2)nnc1C1CCCN1C(=O)C1CCCO1. The number of rotatable bonds is 5. The molecule has 2 fully saturated rings. The highest BCUT2D eigenvalue weighted by molar-refractivity contribution is 7.98. The predicted octanol–water partition coefficient (Wildman–Crippen LogP) is 2.95. The molecule has 2 aliphatic heterocycles. The average Bonchev–Trinajstić information content (AvgIpc) is 3.41. The van der Waals surface area contributed by atoms with E-state index in [2.05, 4.69) is 22.3 Å². The first-order chi connectivity index (χ1) is 12.7. The number of hydrogen-bond donors (Lipinski definition) is 0. The Morgan fingerprint density at radius 1 is 1.23 bits per heavy atom. The quantitative estimate of drug-likeness (QED) is 0.755. The molecule has 6 nitrogen and oxygen atoms in total. The van der Waals surface area contributed by atoms with Gasteiger partial charge in [0.25, 0.3) is 5.91 Å². The minimum atomic E-state index is -0.268. The number of nitrogens with zero attached hydrogens (tertiary/aromatic N) is 4. The van der Waals surface area contributed by atoms with Gasteiger partial charge in [0.05, 0.1) is 6.04 Å². The molecule has 2 unspecified atom stereocenters. The zero-order valence-corrected chi connectivity index (χ0v) is 15.8. The molecule has 0 aliphatic carbocycles. The molecule has 2 saturated heterocycles. The van der Waals surface area contributed by atoms with E-state index < -0.39 is 0 Å². The van der Waals surface area contributed by atoms with Crippen LogP contribution in [0.15, 0.2) is 35.5 Å². The zero-order valence-electron chi connectivity index (χ0n) is 15.0. The second-order valence-electron chi connectivity index (χ2n) is 6.87. The third-order valence-electron chi connectivity index (χ3n) is 5.12. The number of hydrogen-bond acceptors (Lipinski definition) is 5. The Kier molecular flexibility index (Phi) is 5.26. The van der Waals surface area contributed by atoms with Crippen molar-refractivity contribution in [3.8, 4) is 0 Å². The lowest BCUT2D eigenvalue weighted by Crippen LogP contribution is -2.39. The Morgan fingerprint density at radius 2 is 2.08 bits per heavy atom. The molecule has 138 valence electrons. The van der Waals surface area contributed by atoms with Crippen molar-refractivity contribution in [1.29, 1.82) is 0 Å². The van der Waals surface area contributed by atoms with Gasteiger partial charge in [-0.3, -0.25) is 4.79 Å². The molecule has 0 radical (unpaired) electrons.